The van der Waals surface area contributed by atoms with E-state index in [0.29, 0.717) is 23.7 Å². The van der Waals surface area contributed by atoms with Crippen LogP contribution in [0.5, 0.6) is 5.75 Å². The van der Waals surface area contributed by atoms with Crippen LogP contribution >= 0.6 is 27.5 Å². The largest absolute Gasteiger partial charge is 0.489 e. The summed E-state index contributed by atoms with van der Waals surface area (Å²) in [6, 6.07) is 18.9. The molecule has 0 N–H and O–H groups in total. The molecular formula is C23H18BrClN2O3. The second-order valence-corrected chi connectivity index (χ2v) is 8.09. The second kappa shape index (κ2) is 8.90. The van der Waals surface area contributed by atoms with E-state index >= 15 is 0 Å². The molecule has 0 unspecified atom stereocenters. The first-order chi connectivity index (χ1) is 14.5. The molecule has 1 heterocycles. The van der Waals surface area contributed by atoms with Crippen molar-refractivity contribution in [1.82, 2.24) is 9.78 Å². The highest BCUT2D eigenvalue weighted by Gasteiger charge is 2.12. The van der Waals surface area contributed by atoms with E-state index in [1.165, 1.54) is 7.11 Å². The van der Waals surface area contributed by atoms with Gasteiger partial charge in [-0.2, -0.15) is 5.10 Å². The standard InChI is InChI=1S/C23H18BrClN2O3/c1-29-23(28)16-4-8-21-17(10-16)12-26-27(21)13-18-11-19(24)5-9-22(18)30-14-15-2-6-20(25)7-3-15/h2-12H,13-14H2,1H3. The molecule has 0 saturated carbocycles. The van der Waals surface area contributed by atoms with Gasteiger partial charge in [-0.15, -0.1) is 0 Å². The molecule has 4 aromatic rings. The summed E-state index contributed by atoms with van der Waals surface area (Å²) < 4.78 is 13.7. The number of carbonyl (C=O) groups excluding carboxylic acids is 1. The van der Waals surface area contributed by atoms with Crippen LogP contribution in [0.3, 0.4) is 0 Å². The van der Waals surface area contributed by atoms with Crippen LogP contribution in [0.4, 0.5) is 0 Å². The number of methoxy groups -OCH3 is 1. The van der Waals surface area contributed by atoms with E-state index in [0.717, 1.165) is 32.3 Å². The van der Waals surface area contributed by atoms with Gasteiger partial charge in [0, 0.05) is 20.4 Å². The number of aromatic nitrogens is 2. The summed E-state index contributed by atoms with van der Waals surface area (Å²) in [5.74, 6) is 0.414. The number of carbonyl (C=O) groups is 1. The molecule has 0 bridgehead atoms. The Morgan fingerprint density at radius 2 is 1.90 bits per heavy atom. The molecule has 4 rings (SSSR count). The van der Waals surface area contributed by atoms with Gasteiger partial charge in [0.15, 0.2) is 0 Å². The summed E-state index contributed by atoms with van der Waals surface area (Å²) in [6.07, 6.45) is 1.74. The van der Waals surface area contributed by atoms with Gasteiger partial charge in [-0.3, -0.25) is 4.68 Å². The van der Waals surface area contributed by atoms with Gasteiger partial charge in [-0.1, -0.05) is 39.7 Å². The maximum atomic E-state index is 11.8. The molecule has 0 fully saturated rings. The normalized spacial score (nSPS) is 10.9. The first kappa shape index (κ1) is 20.4. The smallest absolute Gasteiger partial charge is 0.337 e. The predicted molar refractivity (Wildman–Crippen MR) is 120 cm³/mol. The Kier molecular flexibility index (Phi) is 6.06. The second-order valence-electron chi connectivity index (χ2n) is 6.73. The average Bonchev–Trinajstić information content (AvgIpc) is 3.15. The lowest BCUT2D eigenvalue weighted by Crippen LogP contribution is -2.05. The van der Waals surface area contributed by atoms with E-state index in [2.05, 4.69) is 21.0 Å². The summed E-state index contributed by atoms with van der Waals surface area (Å²) in [7, 11) is 1.37. The fourth-order valence-corrected chi connectivity index (χ4v) is 3.71. The lowest BCUT2D eigenvalue weighted by Gasteiger charge is -2.13. The first-order valence-corrected chi connectivity index (χ1v) is 10.4. The fourth-order valence-electron chi connectivity index (χ4n) is 3.17. The third kappa shape index (κ3) is 4.50. The predicted octanol–water partition coefficient (Wildman–Crippen LogP) is 5.87. The van der Waals surface area contributed by atoms with Crippen LogP contribution in [0, 0.1) is 0 Å². The van der Waals surface area contributed by atoms with E-state index in [-0.39, 0.29) is 5.97 Å². The highest BCUT2D eigenvalue weighted by atomic mass is 79.9. The molecule has 5 nitrogen and oxygen atoms in total. The quantitative estimate of drug-likeness (QED) is 0.321. The zero-order chi connectivity index (χ0) is 21.1. The van der Waals surface area contributed by atoms with Crippen LogP contribution in [0.2, 0.25) is 5.02 Å². The Morgan fingerprint density at radius 3 is 2.67 bits per heavy atom. The number of hydrogen-bond donors (Lipinski definition) is 0. The molecule has 7 heteroatoms. The van der Waals surface area contributed by atoms with Crippen molar-refractivity contribution in [2.75, 3.05) is 7.11 Å². The monoisotopic (exact) mass is 484 g/mol. The zero-order valence-electron chi connectivity index (χ0n) is 16.1. The Balaban J connectivity index is 1.59. The summed E-state index contributed by atoms with van der Waals surface area (Å²) >= 11 is 9.49. The van der Waals surface area contributed by atoms with Crippen molar-refractivity contribution in [3.05, 3.63) is 93.0 Å². The van der Waals surface area contributed by atoms with Crippen LogP contribution in [0.25, 0.3) is 10.9 Å². The minimum absolute atomic E-state index is 0.366. The molecule has 0 aliphatic carbocycles. The van der Waals surface area contributed by atoms with Crippen molar-refractivity contribution >= 4 is 44.4 Å². The number of fused-ring (bicyclic) bond motifs is 1. The molecule has 30 heavy (non-hydrogen) atoms. The third-order valence-electron chi connectivity index (χ3n) is 4.71. The minimum Gasteiger partial charge on any atom is -0.489 e. The number of rotatable bonds is 6. The van der Waals surface area contributed by atoms with Crippen molar-refractivity contribution in [2.24, 2.45) is 0 Å². The van der Waals surface area contributed by atoms with E-state index in [4.69, 9.17) is 21.1 Å². The highest BCUT2D eigenvalue weighted by Crippen LogP contribution is 2.27. The van der Waals surface area contributed by atoms with Crippen molar-refractivity contribution in [2.45, 2.75) is 13.2 Å². The van der Waals surface area contributed by atoms with Crippen LogP contribution in [-0.2, 0) is 17.9 Å². The highest BCUT2D eigenvalue weighted by molar-refractivity contribution is 9.10. The van der Waals surface area contributed by atoms with Gasteiger partial charge in [0.1, 0.15) is 12.4 Å². The van der Waals surface area contributed by atoms with Crippen molar-refractivity contribution < 1.29 is 14.3 Å². The summed E-state index contributed by atoms with van der Waals surface area (Å²) in [4.78, 5) is 11.8. The molecule has 0 spiro atoms. The molecule has 0 aliphatic heterocycles. The molecule has 0 saturated heterocycles. The molecule has 3 aromatic carbocycles. The molecule has 152 valence electrons. The van der Waals surface area contributed by atoms with Crippen molar-refractivity contribution in [3.63, 3.8) is 0 Å². The van der Waals surface area contributed by atoms with Crippen LogP contribution < -0.4 is 4.74 Å². The maximum absolute atomic E-state index is 11.8. The Bertz CT molecular complexity index is 1210. The van der Waals surface area contributed by atoms with Crippen LogP contribution in [0.15, 0.2) is 71.3 Å². The number of esters is 1. The molecule has 0 atom stereocenters. The molecule has 0 aliphatic rings. The molecule has 1 aromatic heterocycles. The SMILES string of the molecule is COC(=O)c1ccc2c(cnn2Cc2cc(Br)ccc2OCc2ccc(Cl)cc2)c1. The van der Waals surface area contributed by atoms with E-state index in [9.17, 15) is 4.79 Å². The van der Waals surface area contributed by atoms with Gasteiger partial charge in [0.2, 0.25) is 0 Å². The number of benzene rings is 3. The van der Waals surface area contributed by atoms with Gasteiger partial charge in [0.05, 0.1) is 30.9 Å². The summed E-state index contributed by atoms with van der Waals surface area (Å²) in [5, 5.41) is 6.06. The summed E-state index contributed by atoms with van der Waals surface area (Å²) in [5.41, 5.74) is 3.44. The molecule has 0 radical (unpaired) electrons. The van der Waals surface area contributed by atoms with Gasteiger partial charge in [-0.05, 0) is 54.1 Å². The fraction of sp³-hybridized carbons (Fsp3) is 0.130. The van der Waals surface area contributed by atoms with Gasteiger partial charge < -0.3 is 9.47 Å². The van der Waals surface area contributed by atoms with Crippen LogP contribution in [0.1, 0.15) is 21.5 Å². The van der Waals surface area contributed by atoms with Gasteiger partial charge >= 0.3 is 5.97 Å². The van der Waals surface area contributed by atoms with Crippen LogP contribution in [-0.4, -0.2) is 22.9 Å². The zero-order valence-corrected chi connectivity index (χ0v) is 18.5. The van der Waals surface area contributed by atoms with Gasteiger partial charge in [0.25, 0.3) is 0 Å². The number of nitrogens with zero attached hydrogens (tertiary/aromatic N) is 2. The average molecular weight is 486 g/mol. The Morgan fingerprint density at radius 1 is 1.10 bits per heavy atom. The molecule has 0 amide bonds. The summed E-state index contributed by atoms with van der Waals surface area (Å²) in [6.45, 7) is 0.963. The lowest BCUT2D eigenvalue weighted by molar-refractivity contribution is 0.0601. The van der Waals surface area contributed by atoms with Crippen molar-refractivity contribution in [1.29, 1.82) is 0 Å². The topological polar surface area (TPSA) is 53.3 Å². The van der Waals surface area contributed by atoms with Gasteiger partial charge in [-0.25, -0.2) is 4.79 Å². The molecular weight excluding hydrogens is 468 g/mol. The number of hydrogen-bond acceptors (Lipinski definition) is 4. The Labute approximate surface area is 187 Å². The van der Waals surface area contributed by atoms with Crippen molar-refractivity contribution in [3.8, 4) is 5.75 Å². The van der Waals surface area contributed by atoms with E-state index in [1.54, 1.807) is 18.3 Å². The maximum Gasteiger partial charge on any atom is 0.337 e. The van der Waals surface area contributed by atoms with E-state index < -0.39 is 0 Å². The lowest BCUT2D eigenvalue weighted by atomic mass is 10.1. The number of halogens is 2. The first-order valence-electron chi connectivity index (χ1n) is 9.23. The minimum atomic E-state index is -0.366. The number of ether oxygens (including phenoxy) is 2. The van der Waals surface area contributed by atoms with E-state index in [1.807, 2.05) is 53.2 Å². The Hall–Kier alpha value is -2.83. The third-order valence-corrected chi connectivity index (χ3v) is 5.46.